The molecule has 2 saturated heterocycles. The Bertz CT molecular complexity index is 509. The van der Waals surface area contributed by atoms with Gasteiger partial charge in [0.2, 0.25) is 11.8 Å². The average Bonchev–Trinajstić information content (AvgIpc) is 3.01. The number of hydrogen-bond donors (Lipinski definition) is 2. The molecule has 0 radical (unpaired) electrons. The Labute approximate surface area is 112 Å². The molecule has 100 valence electrons. The van der Waals surface area contributed by atoms with Gasteiger partial charge in [0.25, 0.3) is 0 Å². The molecule has 19 heavy (non-hydrogen) atoms. The minimum atomic E-state index is -0.443. The summed E-state index contributed by atoms with van der Waals surface area (Å²) >= 11 is 0. The first-order valence-electron chi connectivity index (χ1n) is 6.67. The van der Waals surface area contributed by atoms with Gasteiger partial charge in [-0.2, -0.15) is 0 Å². The summed E-state index contributed by atoms with van der Waals surface area (Å²) in [5.41, 5.74) is 2.06. The predicted molar refractivity (Wildman–Crippen MR) is 73.1 cm³/mol. The lowest BCUT2D eigenvalue weighted by atomic mass is 10.2. The summed E-state index contributed by atoms with van der Waals surface area (Å²) in [5, 5.41) is 5.43. The second-order valence-electron chi connectivity index (χ2n) is 5.06. The molecule has 1 aromatic rings. The van der Waals surface area contributed by atoms with Gasteiger partial charge >= 0.3 is 0 Å². The van der Waals surface area contributed by atoms with Crippen molar-refractivity contribution in [2.75, 3.05) is 23.3 Å². The Morgan fingerprint density at radius 1 is 1.21 bits per heavy atom. The van der Waals surface area contributed by atoms with E-state index in [-0.39, 0.29) is 18.2 Å². The molecule has 2 amide bonds. The molecule has 5 nitrogen and oxygen atoms in total. The SMILES string of the molecule is O=C1CC(Nc2cccc(N3CCCC3)c2)C(=O)N1. The number of benzene rings is 1. The van der Waals surface area contributed by atoms with Gasteiger partial charge in [-0.25, -0.2) is 0 Å². The Morgan fingerprint density at radius 3 is 2.68 bits per heavy atom. The molecule has 0 saturated carbocycles. The minimum Gasteiger partial charge on any atom is -0.373 e. The van der Waals surface area contributed by atoms with E-state index in [2.05, 4.69) is 21.6 Å². The third kappa shape index (κ3) is 2.54. The largest absolute Gasteiger partial charge is 0.373 e. The fraction of sp³-hybridized carbons (Fsp3) is 0.429. The molecule has 2 N–H and O–H groups in total. The van der Waals surface area contributed by atoms with Crippen molar-refractivity contribution in [2.45, 2.75) is 25.3 Å². The van der Waals surface area contributed by atoms with Gasteiger partial charge in [-0.05, 0) is 31.0 Å². The van der Waals surface area contributed by atoms with E-state index in [1.165, 1.54) is 18.5 Å². The lowest BCUT2D eigenvalue weighted by Gasteiger charge is -2.19. The topological polar surface area (TPSA) is 61.4 Å². The molecule has 0 aromatic heterocycles. The Balaban J connectivity index is 1.72. The summed E-state index contributed by atoms with van der Waals surface area (Å²) in [6.45, 7) is 2.18. The van der Waals surface area contributed by atoms with Crippen LogP contribution in [0, 0.1) is 0 Å². The smallest absolute Gasteiger partial charge is 0.249 e. The molecular formula is C14H17N3O2. The number of anilines is 2. The number of amides is 2. The van der Waals surface area contributed by atoms with E-state index < -0.39 is 6.04 Å². The maximum Gasteiger partial charge on any atom is 0.249 e. The van der Waals surface area contributed by atoms with Crippen LogP contribution in [0.15, 0.2) is 24.3 Å². The third-order valence-corrected chi connectivity index (χ3v) is 3.63. The van der Waals surface area contributed by atoms with Crippen LogP contribution in [0.4, 0.5) is 11.4 Å². The number of hydrogen-bond acceptors (Lipinski definition) is 4. The van der Waals surface area contributed by atoms with Crippen molar-refractivity contribution in [3.63, 3.8) is 0 Å². The van der Waals surface area contributed by atoms with Crippen LogP contribution in [0.2, 0.25) is 0 Å². The highest BCUT2D eigenvalue weighted by molar-refractivity contribution is 6.06. The van der Waals surface area contributed by atoms with Crippen LogP contribution in [-0.2, 0) is 9.59 Å². The van der Waals surface area contributed by atoms with Crippen LogP contribution in [-0.4, -0.2) is 30.9 Å². The van der Waals surface area contributed by atoms with Crippen molar-refractivity contribution < 1.29 is 9.59 Å². The third-order valence-electron chi connectivity index (χ3n) is 3.63. The van der Waals surface area contributed by atoms with E-state index in [4.69, 9.17) is 0 Å². The summed E-state index contributed by atoms with van der Waals surface area (Å²) in [6.07, 6.45) is 2.68. The van der Waals surface area contributed by atoms with Gasteiger partial charge < -0.3 is 10.2 Å². The molecule has 5 heteroatoms. The highest BCUT2D eigenvalue weighted by Gasteiger charge is 2.30. The van der Waals surface area contributed by atoms with Gasteiger partial charge in [0.05, 0.1) is 6.42 Å². The molecule has 0 aliphatic carbocycles. The van der Waals surface area contributed by atoms with Crippen LogP contribution >= 0.6 is 0 Å². The summed E-state index contributed by atoms with van der Waals surface area (Å²) in [4.78, 5) is 25.0. The predicted octanol–water partition coefficient (Wildman–Crippen LogP) is 1.11. The van der Waals surface area contributed by atoms with E-state index in [9.17, 15) is 9.59 Å². The van der Waals surface area contributed by atoms with Crippen molar-refractivity contribution in [2.24, 2.45) is 0 Å². The lowest BCUT2D eigenvalue weighted by Crippen LogP contribution is -2.30. The van der Waals surface area contributed by atoms with E-state index >= 15 is 0 Å². The molecular weight excluding hydrogens is 242 g/mol. The fourth-order valence-electron chi connectivity index (χ4n) is 2.64. The molecule has 2 aliphatic heterocycles. The number of carbonyl (C=O) groups is 2. The maximum absolute atomic E-state index is 11.5. The molecule has 1 atom stereocenters. The van der Waals surface area contributed by atoms with Crippen LogP contribution in [0.1, 0.15) is 19.3 Å². The zero-order valence-corrected chi connectivity index (χ0v) is 10.7. The summed E-state index contributed by atoms with van der Waals surface area (Å²) in [5.74, 6) is -0.449. The number of imide groups is 1. The van der Waals surface area contributed by atoms with E-state index in [1.807, 2.05) is 18.2 Å². The number of nitrogens with one attached hydrogen (secondary N) is 2. The van der Waals surface area contributed by atoms with Gasteiger partial charge in [-0.3, -0.25) is 14.9 Å². The van der Waals surface area contributed by atoms with Gasteiger partial charge in [-0.15, -0.1) is 0 Å². The quantitative estimate of drug-likeness (QED) is 0.798. The van der Waals surface area contributed by atoms with Crippen LogP contribution in [0.5, 0.6) is 0 Å². The van der Waals surface area contributed by atoms with E-state index in [0.717, 1.165) is 18.8 Å². The van der Waals surface area contributed by atoms with E-state index in [1.54, 1.807) is 0 Å². The summed E-state index contributed by atoms with van der Waals surface area (Å²) in [7, 11) is 0. The number of carbonyl (C=O) groups excluding carboxylic acids is 2. The van der Waals surface area contributed by atoms with Crippen molar-refractivity contribution in [1.82, 2.24) is 5.32 Å². The van der Waals surface area contributed by atoms with Gasteiger partial charge in [0.15, 0.2) is 0 Å². The lowest BCUT2D eigenvalue weighted by molar-refractivity contribution is -0.124. The molecule has 1 unspecified atom stereocenters. The zero-order valence-electron chi connectivity index (χ0n) is 10.7. The summed E-state index contributed by atoms with van der Waals surface area (Å²) in [6, 6.07) is 7.58. The maximum atomic E-state index is 11.5. The van der Waals surface area contributed by atoms with Crippen molar-refractivity contribution in [1.29, 1.82) is 0 Å². The molecule has 3 rings (SSSR count). The Hall–Kier alpha value is -2.04. The number of nitrogens with zero attached hydrogens (tertiary/aromatic N) is 1. The zero-order chi connectivity index (χ0) is 13.2. The second kappa shape index (κ2) is 4.91. The molecule has 1 aromatic carbocycles. The van der Waals surface area contributed by atoms with Crippen LogP contribution < -0.4 is 15.5 Å². The highest BCUT2D eigenvalue weighted by atomic mass is 16.2. The molecule has 2 fully saturated rings. The van der Waals surface area contributed by atoms with Crippen molar-refractivity contribution >= 4 is 23.2 Å². The summed E-state index contributed by atoms with van der Waals surface area (Å²) < 4.78 is 0. The van der Waals surface area contributed by atoms with Gasteiger partial charge in [0.1, 0.15) is 6.04 Å². The number of rotatable bonds is 3. The normalized spacial score (nSPS) is 22.7. The Morgan fingerprint density at radius 2 is 2.00 bits per heavy atom. The van der Waals surface area contributed by atoms with E-state index in [0.29, 0.717) is 0 Å². The first-order chi connectivity index (χ1) is 9.22. The van der Waals surface area contributed by atoms with Gasteiger partial charge in [-0.1, -0.05) is 6.07 Å². The van der Waals surface area contributed by atoms with Crippen molar-refractivity contribution in [3.8, 4) is 0 Å². The Kier molecular flexibility index (Phi) is 3.11. The van der Waals surface area contributed by atoms with Crippen molar-refractivity contribution in [3.05, 3.63) is 24.3 Å². The first-order valence-corrected chi connectivity index (χ1v) is 6.67. The van der Waals surface area contributed by atoms with Crippen LogP contribution in [0.3, 0.4) is 0 Å². The van der Waals surface area contributed by atoms with Gasteiger partial charge in [0, 0.05) is 24.5 Å². The van der Waals surface area contributed by atoms with Crippen LogP contribution in [0.25, 0.3) is 0 Å². The fourth-order valence-corrected chi connectivity index (χ4v) is 2.64. The standard InChI is InChI=1S/C14H17N3O2/c18-13-9-12(14(19)16-13)15-10-4-3-5-11(8-10)17-6-1-2-7-17/h3-5,8,12,15H,1-2,6-7,9H2,(H,16,18,19). The average molecular weight is 259 g/mol. The monoisotopic (exact) mass is 259 g/mol. The molecule has 0 spiro atoms. The highest BCUT2D eigenvalue weighted by Crippen LogP contribution is 2.24. The molecule has 2 heterocycles. The minimum absolute atomic E-state index is 0.210. The molecule has 2 aliphatic rings. The second-order valence-corrected chi connectivity index (χ2v) is 5.06. The molecule has 0 bridgehead atoms. The first kappa shape index (κ1) is 12.0.